The number of hydrogen-bond donors (Lipinski definition) is 1. The van der Waals surface area contributed by atoms with Gasteiger partial charge < -0.3 is 0 Å². The van der Waals surface area contributed by atoms with Gasteiger partial charge >= 0.3 is 0 Å². The van der Waals surface area contributed by atoms with Gasteiger partial charge in [0.15, 0.2) is 0 Å². The molecule has 0 atom stereocenters. The Kier molecular flexibility index (Phi) is 5.31. The highest BCUT2D eigenvalue weighted by atomic mass is 35.5. The summed E-state index contributed by atoms with van der Waals surface area (Å²) in [6.07, 6.45) is 0. The van der Waals surface area contributed by atoms with E-state index in [4.69, 9.17) is 23.2 Å². The van der Waals surface area contributed by atoms with Gasteiger partial charge in [-0.1, -0.05) is 59.6 Å². The summed E-state index contributed by atoms with van der Waals surface area (Å²) in [5.74, 6) is 1.30. The molecule has 2 aromatic carbocycles. The Hall–Kier alpha value is -2.43. The van der Waals surface area contributed by atoms with E-state index in [0.29, 0.717) is 21.7 Å². The molecule has 0 aliphatic rings. The van der Waals surface area contributed by atoms with Crippen molar-refractivity contribution in [2.75, 3.05) is 5.43 Å². The Balaban J connectivity index is 1.85. The van der Waals surface area contributed by atoms with Crippen molar-refractivity contribution in [1.82, 2.24) is 9.97 Å². The topological polar surface area (TPSA) is 50.2 Å². The van der Waals surface area contributed by atoms with Crippen LogP contribution in [0.4, 0.5) is 5.82 Å². The van der Waals surface area contributed by atoms with Crippen LogP contribution in [0.1, 0.15) is 18.3 Å². The van der Waals surface area contributed by atoms with E-state index >= 15 is 0 Å². The van der Waals surface area contributed by atoms with E-state index < -0.39 is 0 Å². The highest BCUT2D eigenvalue weighted by Crippen LogP contribution is 2.23. The molecule has 0 aliphatic carbocycles. The van der Waals surface area contributed by atoms with Gasteiger partial charge in [-0.2, -0.15) is 5.10 Å². The van der Waals surface area contributed by atoms with E-state index in [2.05, 4.69) is 20.5 Å². The number of hydrazone groups is 1. The molecular weight excluding hydrogens is 355 g/mol. The number of rotatable bonds is 4. The second kappa shape index (κ2) is 7.64. The fourth-order valence-electron chi connectivity index (χ4n) is 2.31. The summed E-state index contributed by atoms with van der Waals surface area (Å²) >= 11 is 12.0. The Labute approximate surface area is 156 Å². The maximum absolute atomic E-state index is 6.06. The molecule has 1 aromatic heterocycles. The third-order valence-corrected chi connectivity index (χ3v) is 4.32. The molecule has 25 heavy (non-hydrogen) atoms. The molecule has 1 heterocycles. The fraction of sp³-hybridized carbons (Fsp3) is 0.105. The third kappa shape index (κ3) is 4.35. The largest absolute Gasteiger partial charge is 0.261 e. The number of nitrogens with zero attached hydrogens (tertiary/aromatic N) is 3. The smallest absolute Gasteiger partial charge is 0.150 e. The fourth-order valence-corrected chi connectivity index (χ4v) is 2.61. The van der Waals surface area contributed by atoms with Crippen LogP contribution in [0.15, 0.2) is 59.7 Å². The molecule has 0 saturated carbocycles. The minimum Gasteiger partial charge on any atom is -0.261 e. The van der Waals surface area contributed by atoms with Crippen molar-refractivity contribution >= 4 is 34.7 Å². The van der Waals surface area contributed by atoms with Gasteiger partial charge in [-0.25, -0.2) is 9.97 Å². The van der Waals surface area contributed by atoms with Gasteiger partial charge in [-0.05, 0) is 31.5 Å². The number of anilines is 1. The van der Waals surface area contributed by atoms with Crippen LogP contribution < -0.4 is 5.43 Å². The average molecular weight is 371 g/mol. The van der Waals surface area contributed by atoms with Crippen molar-refractivity contribution in [2.24, 2.45) is 5.10 Å². The monoisotopic (exact) mass is 370 g/mol. The summed E-state index contributed by atoms with van der Waals surface area (Å²) < 4.78 is 0. The highest BCUT2D eigenvalue weighted by molar-refractivity contribution is 6.42. The lowest BCUT2D eigenvalue weighted by Gasteiger charge is -2.07. The summed E-state index contributed by atoms with van der Waals surface area (Å²) in [5, 5.41) is 5.40. The second-order valence-electron chi connectivity index (χ2n) is 5.49. The highest BCUT2D eigenvalue weighted by Gasteiger charge is 2.05. The zero-order chi connectivity index (χ0) is 17.8. The van der Waals surface area contributed by atoms with Gasteiger partial charge in [0, 0.05) is 11.6 Å². The van der Waals surface area contributed by atoms with Crippen molar-refractivity contribution < 1.29 is 0 Å². The molecule has 0 saturated heterocycles. The molecule has 3 rings (SSSR count). The van der Waals surface area contributed by atoms with E-state index in [0.717, 1.165) is 22.5 Å². The average Bonchev–Trinajstić information content (AvgIpc) is 2.62. The normalized spacial score (nSPS) is 11.4. The Morgan fingerprint density at radius 1 is 0.960 bits per heavy atom. The number of benzene rings is 2. The summed E-state index contributed by atoms with van der Waals surface area (Å²) in [7, 11) is 0. The van der Waals surface area contributed by atoms with Gasteiger partial charge in [0.05, 0.1) is 21.5 Å². The van der Waals surface area contributed by atoms with Crippen LogP contribution in [0.2, 0.25) is 10.0 Å². The van der Waals surface area contributed by atoms with E-state index in [1.165, 1.54) is 0 Å². The van der Waals surface area contributed by atoms with Crippen LogP contribution in [-0.2, 0) is 0 Å². The molecule has 3 aromatic rings. The van der Waals surface area contributed by atoms with E-state index in [1.807, 2.05) is 56.3 Å². The van der Waals surface area contributed by atoms with Gasteiger partial charge in [-0.3, -0.25) is 5.43 Å². The van der Waals surface area contributed by atoms with Crippen LogP contribution in [0.3, 0.4) is 0 Å². The standard InChI is InChI=1S/C19H16Cl2N4/c1-12(15-8-9-16(20)17(21)10-15)24-25-19-11-18(22-13(2)23-19)14-6-4-3-5-7-14/h3-11H,1-2H3,(H,22,23,25). The first kappa shape index (κ1) is 17.4. The SMILES string of the molecule is CC(=NNc1cc(-c2ccccc2)nc(C)n1)c1ccc(Cl)c(Cl)c1. The maximum Gasteiger partial charge on any atom is 0.150 e. The van der Waals surface area contributed by atoms with Crippen molar-refractivity contribution in [1.29, 1.82) is 0 Å². The molecule has 0 fully saturated rings. The lowest BCUT2D eigenvalue weighted by Crippen LogP contribution is -2.03. The van der Waals surface area contributed by atoms with Crippen molar-refractivity contribution in [3.63, 3.8) is 0 Å². The number of aryl methyl sites for hydroxylation is 1. The minimum absolute atomic E-state index is 0.498. The van der Waals surface area contributed by atoms with Gasteiger partial charge in [0.25, 0.3) is 0 Å². The summed E-state index contributed by atoms with van der Waals surface area (Å²) in [6.45, 7) is 3.74. The molecule has 0 aliphatic heterocycles. The summed E-state index contributed by atoms with van der Waals surface area (Å²) in [6, 6.07) is 17.2. The lowest BCUT2D eigenvalue weighted by molar-refractivity contribution is 1.05. The van der Waals surface area contributed by atoms with Crippen molar-refractivity contribution in [3.8, 4) is 11.3 Å². The zero-order valence-electron chi connectivity index (χ0n) is 13.8. The molecular formula is C19H16Cl2N4. The molecule has 126 valence electrons. The van der Waals surface area contributed by atoms with Crippen LogP contribution in [-0.4, -0.2) is 15.7 Å². The number of nitrogens with one attached hydrogen (secondary N) is 1. The lowest BCUT2D eigenvalue weighted by atomic mass is 10.1. The van der Waals surface area contributed by atoms with Crippen LogP contribution in [0, 0.1) is 6.92 Å². The summed E-state index contributed by atoms with van der Waals surface area (Å²) in [4.78, 5) is 8.86. The first-order valence-corrected chi connectivity index (χ1v) is 8.45. The van der Waals surface area contributed by atoms with Crippen LogP contribution in [0.5, 0.6) is 0 Å². The van der Waals surface area contributed by atoms with Crippen molar-refractivity contribution in [3.05, 3.63) is 76.0 Å². The molecule has 0 amide bonds. The first-order valence-electron chi connectivity index (χ1n) is 7.70. The third-order valence-electron chi connectivity index (χ3n) is 3.58. The quantitative estimate of drug-likeness (QED) is 0.480. The van der Waals surface area contributed by atoms with Gasteiger partial charge in [-0.15, -0.1) is 0 Å². The Morgan fingerprint density at radius 3 is 2.44 bits per heavy atom. The molecule has 1 N–H and O–H groups in total. The Bertz CT molecular complexity index is 924. The van der Waals surface area contributed by atoms with E-state index in [1.54, 1.807) is 12.1 Å². The van der Waals surface area contributed by atoms with E-state index in [9.17, 15) is 0 Å². The van der Waals surface area contributed by atoms with Gasteiger partial charge in [0.1, 0.15) is 11.6 Å². The zero-order valence-corrected chi connectivity index (χ0v) is 15.3. The van der Waals surface area contributed by atoms with Crippen molar-refractivity contribution in [2.45, 2.75) is 13.8 Å². The van der Waals surface area contributed by atoms with Crippen LogP contribution in [0.25, 0.3) is 11.3 Å². The number of halogens is 2. The second-order valence-corrected chi connectivity index (χ2v) is 6.30. The minimum atomic E-state index is 0.498. The van der Waals surface area contributed by atoms with Crippen LogP contribution >= 0.6 is 23.2 Å². The van der Waals surface area contributed by atoms with E-state index in [-0.39, 0.29) is 0 Å². The number of aromatic nitrogens is 2. The predicted octanol–water partition coefficient (Wildman–Crippen LogP) is 5.59. The predicted molar refractivity (Wildman–Crippen MR) is 105 cm³/mol. The maximum atomic E-state index is 6.06. The molecule has 0 unspecified atom stereocenters. The van der Waals surface area contributed by atoms with Gasteiger partial charge in [0.2, 0.25) is 0 Å². The molecule has 0 bridgehead atoms. The molecule has 0 radical (unpaired) electrons. The summed E-state index contributed by atoms with van der Waals surface area (Å²) in [5.41, 5.74) is 6.52. The Morgan fingerprint density at radius 2 is 1.72 bits per heavy atom. The first-order chi connectivity index (χ1) is 12.0. The number of hydrogen-bond acceptors (Lipinski definition) is 4. The molecule has 4 nitrogen and oxygen atoms in total. The molecule has 6 heteroatoms. The molecule has 0 spiro atoms.